The minimum atomic E-state index is -0.0668. The van der Waals surface area contributed by atoms with Crippen LogP contribution in [0.25, 0.3) is 0 Å². The molecule has 3 heterocycles. The van der Waals surface area contributed by atoms with E-state index in [1.54, 1.807) is 23.1 Å². The fourth-order valence-corrected chi connectivity index (χ4v) is 5.33. The highest BCUT2D eigenvalue weighted by molar-refractivity contribution is 6.32. The Morgan fingerprint density at radius 3 is 2.59 bits per heavy atom. The molecule has 1 N–H and O–H groups in total. The fourth-order valence-electron chi connectivity index (χ4n) is 5.11. The number of amides is 1. The first-order valence-corrected chi connectivity index (χ1v) is 10.7. The Hall–Kier alpha value is -2.24. The van der Waals surface area contributed by atoms with Crippen molar-refractivity contribution in [2.75, 3.05) is 18.5 Å². The highest BCUT2D eigenvalue weighted by Crippen LogP contribution is 2.38. The number of hydrogen-bond donors (Lipinski definition) is 1. The Labute approximate surface area is 175 Å². The Morgan fingerprint density at radius 1 is 1.10 bits per heavy atom. The van der Waals surface area contributed by atoms with Gasteiger partial charge in [-0.05, 0) is 81.1 Å². The lowest BCUT2D eigenvalue weighted by atomic mass is 9.98. The molecule has 5 nitrogen and oxygen atoms in total. The number of nitrogens with zero attached hydrogens (tertiary/aromatic N) is 2. The monoisotopic (exact) mass is 412 g/mol. The molecule has 2 saturated heterocycles. The molecule has 0 saturated carbocycles. The van der Waals surface area contributed by atoms with Crippen LogP contribution in [0.3, 0.4) is 0 Å². The van der Waals surface area contributed by atoms with Crippen molar-refractivity contribution in [3.05, 3.63) is 52.5 Å². The molecule has 2 fully saturated rings. The van der Waals surface area contributed by atoms with Crippen LogP contribution in [0.1, 0.15) is 41.6 Å². The summed E-state index contributed by atoms with van der Waals surface area (Å²) in [7, 11) is 2.22. The van der Waals surface area contributed by atoms with Crippen molar-refractivity contribution in [2.24, 2.45) is 0 Å². The molecule has 0 aliphatic carbocycles. The molecule has 152 valence electrons. The molecule has 2 aromatic carbocycles. The van der Waals surface area contributed by atoms with Gasteiger partial charge in [0.05, 0.1) is 5.02 Å². The third kappa shape index (κ3) is 3.36. The average Bonchev–Trinajstić information content (AvgIpc) is 2.90. The number of hydrogen-bond acceptors (Lipinski definition) is 4. The van der Waals surface area contributed by atoms with Crippen molar-refractivity contribution in [3.8, 4) is 11.5 Å². The number of rotatable bonds is 3. The van der Waals surface area contributed by atoms with E-state index in [9.17, 15) is 9.90 Å². The van der Waals surface area contributed by atoms with E-state index in [1.807, 2.05) is 18.2 Å². The molecule has 3 aliphatic heterocycles. The second-order valence-electron chi connectivity index (χ2n) is 8.42. The number of carbonyl (C=O) groups is 1. The predicted octanol–water partition coefficient (Wildman–Crippen LogP) is 4.25. The Bertz CT molecular complexity index is 949. The Kier molecular flexibility index (Phi) is 4.67. The van der Waals surface area contributed by atoms with E-state index < -0.39 is 0 Å². The lowest BCUT2D eigenvalue weighted by Crippen LogP contribution is -2.43. The lowest BCUT2D eigenvalue weighted by molar-refractivity contribution is 0.0662. The van der Waals surface area contributed by atoms with Gasteiger partial charge in [-0.2, -0.15) is 0 Å². The number of anilines is 1. The predicted molar refractivity (Wildman–Crippen MR) is 113 cm³/mol. The number of phenolic OH excluding ortho intramolecular Hbond substituents is 1. The molecule has 6 heteroatoms. The second kappa shape index (κ2) is 7.22. The van der Waals surface area contributed by atoms with Crippen molar-refractivity contribution < 1.29 is 14.6 Å². The Balaban J connectivity index is 1.32. The summed E-state index contributed by atoms with van der Waals surface area (Å²) in [6.45, 7) is 0.560. The van der Waals surface area contributed by atoms with Crippen LogP contribution < -0.4 is 9.64 Å². The number of ether oxygens (including phenoxy) is 1. The third-order valence-corrected chi connectivity index (χ3v) is 7.04. The van der Waals surface area contributed by atoms with Gasteiger partial charge in [-0.3, -0.25) is 4.79 Å². The number of phenols is 1. The van der Waals surface area contributed by atoms with E-state index in [1.165, 1.54) is 12.8 Å². The summed E-state index contributed by atoms with van der Waals surface area (Å²) >= 11 is 6.55. The van der Waals surface area contributed by atoms with Crippen molar-refractivity contribution in [3.63, 3.8) is 0 Å². The first-order valence-electron chi connectivity index (χ1n) is 10.3. The van der Waals surface area contributed by atoms with E-state index in [4.69, 9.17) is 16.3 Å². The Morgan fingerprint density at radius 2 is 1.86 bits per heavy atom. The fraction of sp³-hybridized carbons (Fsp3) is 0.435. The number of carbonyl (C=O) groups excluding carboxylic acids is 1. The van der Waals surface area contributed by atoms with Gasteiger partial charge in [0.1, 0.15) is 17.6 Å². The van der Waals surface area contributed by atoms with Crippen molar-refractivity contribution in [2.45, 2.75) is 50.3 Å². The molecule has 0 radical (unpaired) electrons. The van der Waals surface area contributed by atoms with Gasteiger partial charge in [0.2, 0.25) is 0 Å². The molecular weight excluding hydrogens is 388 g/mol. The molecule has 2 unspecified atom stereocenters. The van der Waals surface area contributed by atoms with Gasteiger partial charge >= 0.3 is 0 Å². The molecular formula is C23H25ClN2O3. The van der Waals surface area contributed by atoms with E-state index in [0.717, 1.165) is 24.1 Å². The van der Waals surface area contributed by atoms with Crippen LogP contribution in [0.5, 0.6) is 11.5 Å². The van der Waals surface area contributed by atoms with Crippen LogP contribution in [0, 0.1) is 0 Å². The van der Waals surface area contributed by atoms with E-state index in [2.05, 4.69) is 11.9 Å². The van der Waals surface area contributed by atoms with Gasteiger partial charge in [-0.25, -0.2) is 0 Å². The summed E-state index contributed by atoms with van der Waals surface area (Å²) in [5, 5.41) is 10.2. The second-order valence-corrected chi connectivity index (χ2v) is 8.83. The summed E-state index contributed by atoms with van der Waals surface area (Å²) in [5.41, 5.74) is 2.29. The molecule has 3 aliphatic rings. The summed E-state index contributed by atoms with van der Waals surface area (Å²) in [6, 6.07) is 11.8. The summed E-state index contributed by atoms with van der Waals surface area (Å²) in [4.78, 5) is 17.1. The largest absolute Gasteiger partial charge is 0.508 e. The summed E-state index contributed by atoms with van der Waals surface area (Å²) in [5.74, 6) is 0.818. The van der Waals surface area contributed by atoms with Crippen molar-refractivity contribution >= 4 is 23.2 Å². The first kappa shape index (κ1) is 18.8. The molecule has 0 aromatic heterocycles. The number of aromatic hydroxyl groups is 1. The van der Waals surface area contributed by atoms with E-state index in [-0.39, 0.29) is 17.8 Å². The van der Waals surface area contributed by atoms with Gasteiger partial charge in [0, 0.05) is 29.9 Å². The molecule has 5 rings (SSSR count). The van der Waals surface area contributed by atoms with Crippen LogP contribution in [0.2, 0.25) is 5.02 Å². The minimum absolute atomic E-state index is 0.0668. The smallest absolute Gasteiger partial charge is 0.258 e. The number of piperidine rings is 1. The maximum Gasteiger partial charge on any atom is 0.258 e. The number of halogens is 1. The zero-order chi connectivity index (χ0) is 20.1. The van der Waals surface area contributed by atoms with Crippen LogP contribution in [-0.4, -0.2) is 47.7 Å². The van der Waals surface area contributed by atoms with E-state index >= 15 is 0 Å². The van der Waals surface area contributed by atoms with Gasteiger partial charge in [0.25, 0.3) is 5.91 Å². The van der Waals surface area contributed by atoms with Crippen LogP contribution >= 0.6 is 11.6 Å². The average molecular weight is 413 g/mol. The molecule has 0 spiro atoms. The van der Waals surface area contributed by atoms with Crippen LogP contribution in [-0.2, 0) is 6.42 Å². The number of fused-ring (bicyclic) bond motifs is 3. The minimum Gasteiger partial charge on any atom is -0.508 e. The van der Waals surface area contributed by atoms with Crippen LogP contribution in [0.15, 0.2) is 36.4 Å². The van der Waals surface area contributed by atoms with Gasteiger partial charge in [-0.1, -0.05) is 11.6 Å². The van der Waals surface area contributed by atoms with Crippen molar-refractivity contribution in [1.82, 2.24) is 4.90 Å². The maximum atomic E-state index is 12.9. The van der Waals surface area contributed by atoms with Gasteiger partial charge in [0.15, 0.2) is 0 Å². The van der Waals surface area contributed by atoms with Crippen molar-refractivity contribution in [1.29, 1.82) is 0 Å². The topological polar surface area (TPSA) is 53.0 Å². The molecule has 29 heavy (non-hydrogen) atoms. The first-order chi connectivity index (χ1) is 14.0. The number of benzene rings is 2. The highest BCUT2D eigenvalue weighted by Gasteiger charge is 2.39. The molecule has 2 aromatic rings. The standard InChI is InChI=1S/C23H25ClN2O3/c1-25-15-2-3-16(25)12-19(11-15)29-22-7-4-17(13-21(22)24)26-9-8-14-10-18(27)5-6-20(14)23(26)28/h4-7,10,13,15-16,19,27H,2-3,8-9,11-12H2,1H3. The quantitative estimate of drug-likeness (QED) is 0.818. The zero-order valence-corrected chi connectivity index (χ0v) is 17.2. The normalized spacial score (nSPS) is 26.5. The molecule has 2 atom stereocenters. The molecule has 1 amide bonds. The van der Waals surface area contributed by atoms with Gasteiger partial charge in [-0.15, -0.1) is 0 Å². The highest BCUT2D eigenvalue weighted by atomic mass is 35.5. The lowest BCUT2D eigenvalue weighted by Gasteiger charge is -2.36. The summed E-state index contributed by atoms with van der Waals surface area (Å²) in [6.07, 6.45) is 5.49. The van der Waals surface area contributed by atoms with E-state index in [0.29, 0.717) is 41.4 Å². The molecule has 2 bridgehead atoms. The van der Waals surface area contributed by atoms with Gasteiger partial charge < -0.3 is 19.6 Å². The third-order valence-electron chi connectivity index (χ3n) is 6.74. The van der Waals surface area contributed by atoms with Crippen LogP contribution in [0.4, 0.5) is 5.69 Å². The maximum absolute atomic E-state index is 12.9. The zero-order valence-electron chi connectivity index (χ0n) is 16.5. The SMILES string of the molecule is CN1C2CCC1CC(Oc1ccc(N3CCc4cc(O)ccc4C3=O)cc1Cl)C2. The summed E-state index contributed by atoms with van der Waals surface area (Å²) < 4.78 is 6.26.